The lowest BCUT2D eigenvalue weighted by Gasteiger charge is -2.32. The molecule has 1 aliphatic rings. The fourth-order valence-electron chi connectivity index (χ4n) is 2.17. The Morgan fingerprint density at radius 3 is 3.06 bits per heavy atom. The van der Waals surface area contributed by atoms with E-state index in [2.05, 4.69) is 15.1 Å². The quantitative estimate of drug-likeness (QED) is 0.629. The Kier molecular flexibility index (Phi) is 3.86. The highest BCUT2D eigenvalue weighted by Crippen LogP contribution is 2.18. The van der Waals surface area contributed by atoms with Crippen LogP contribution in [-0.4, -0.2) is 44.8 Å². The van der Waals surface area contributed by atoms with Gasteiger partial charge >= 0.3 is 0 Å². The molecule has 6 nitrogen and oxygen atoms in total. The Morgan fingerprint density at radius 2 is 2.44 bits per heavy atom. The van der Waals surface area contributed by atoms with E-state index >= 15 is 0 Å². The maximum absolute atomic E-state index is 12.2. The van der Waals surface area contributed by atoms with Gasteiger partial charge in [-0.1, -0.05) is 12.1 Å². The third-order valence-electron chi connectivity index (χ3n) is 3.24. The van der Waals surface area contributed by atoms with Gasteiger partial charge in [-0.25, -0.2) is 4.98 Å². The maximum Gasteiger partial charge on any atom is 0.274 e. The highest BCUT2D eigenvalue weighted by molar-refractivity contribution is 5.94. The van der Waals surface area contributed by atoms with Crippen molar-refractivity contribution >= 4 is 11.6 Å². The number of carbonyl (C=O) groups is 1. The second-order valence-corrected chi connectivity index (χ2v) is 4.29. The zero-order valence-corrected chi connectivity index (χ0v) is 10.3. The first kappa shape index (κ1) is 12.5. The summed E-state index contributed by atoms with van der Waals surface area (Å²) in [7, 11) is 0. The number of hydrogen-bond donors (Lipinski definition) is 1. The summed E-state index contributed by atoms with van der Waals surface area (Å²) in [6.45, 7) is 3.16. The number of nitrogens with zero attached hydrogens (tertiary/aromatic N) is 4. The molecule has 1 N–H and O–H groups in total. The first-order valence-electron chi connectivity index (χ1n) is 6.02. The number of carbonyl (C=O) groups excluding carboxylic acids is 1. The number of rotatable bonds is 2. The summed E-state index contributed by atoms with van der Waals surface area (Å²) in [6.07, 6.45) is 5.98. The lowest BCUT2D eigenvalue weighted by molar-refractivity contribution is 0.0722. The topological polar surface area (TPSA) is 78.7 Å². The molecule has 1 aromatic heterocycles. The number of hydrogen-bond acceptors (Lipinski definition) is 5. The predicted molar refractivity (Wildman–Crippen MR) is 65.6 cm³/mol. The van der Waals surface area contributed by atoms with Gasteiger partial charge in [-0.05, 0) is 6.42 Å². The Labute approximate surface area is 105 Å². The summed E-state index contributed by atoms with van der Waals surface area (Å²) in [4.78, 5) is 21.8. The fourth-order valence-corrected chi connectivity index (χ4v) is 2.17. The highest BCUT2D eigenvalue weighted by Gasteiger charge is 2.28. The summed E-state index contributed by atoms with van der Waals surface area (Å²) in [6, 6.07) is 0. The summed E-state index contributed by atoms with van der Waals surface area (Å²) < 4.78 is 0. The molecule has 6 heteroatoms. The van der Waals surface area contributed by atoms with Crippen LogP contribution in [0.2, 0.25) is 0 Å². The van der Waals surface area contributed by atoms with E-state index in [0.717, 1.165) is 12.1 Å². The summed E-state index contributed by atoms with van der Waals surface area (Å²) in [5, 5.41) is 12.2. The molecule has 18 heavy (non-hydrogen) atoms. The Morgan fingerprint density at radius 1 is 1.61 bits per heavy atom. The van der Waals surface area contributed by atoms with Crippen molar-refractivity contribution in [3.05, 3.63) is 24.3 Å². The molecule has 0 bridgehead atoms. The minimum Gasteiger partial charge on any atom is -0.411 e. The molecule has 2 rings (SSSR count). The Balaban J connectivity index is 2.10. The van der Waals surface area contributed by atoms with Gasteiger partial charge < -0.3 is 10.1 Å². The Hall–Kier alpha value is -1.98. The van der Waals surface area contributed by atoms with Crippen LogP contribution in [0.15, 0.2) is 23.7 Å². The van der Waals surface area contributed by atoms with E-state index in [1.807, 2.05) is 6.92 Å². The van der Waals surface area contributed by atoms with Crippen molar-refractivity contribution in [3.63, 3.8) is 0 Å². The number of aromatic nitrogens is 2. The molecule has 0 aliphatic carbocycles. The monoisotopic (exact) mass is 248 g/mol. The van der Waals surface area contributed by atoms with Crippen LogP contribution in [0.4, 0.5) is 0 Å². The third kappa shape index (κ3) is 2.47. The molecule has 0 aromatic carbocycles. The molecule has 0 saturated carbocycles. The summed E-state index contributed by atoms with van der Waals surface area (Å²) in [5.74, 6) is 0.0166. The van der Waals surface area contributed by atoms with E-state index < -0.39 is 0 Å². The number of amides is 1. The van der Waals surface area contributed by atoms with Crippen LogP contribution in [0.5, 0.6) is 0 Å². The summed E-state index contributed by atoms with van der Waals surface area (Å²) >= 11 is 0. The first-order valence-corrected chi connectivity index (χ1v) is 6.02. The molecule has 1 aliphatic heterocycles. The smallest absolute Gasteiger partial charge is 0.274 e. The van der Waals surface area contributed by atoms with Crippen LogP contribution in [0, 0.1) is 5.92 Å². The molecule has 0 radical (unpaired) electrons. The van der Waals surface area contributed by atoms with Gasteiger partial charge in [0.2, 0.25) is 0 Å². The van der Waals surface area contributed by atoms with E-state index in [-0.39, 0.29) is 11.8 Å². The van der Waals surface area contributed by atoms with Crippen molar-refractivity contribution in [2.75, 3.05) is 13.1 Å². The lowest BCUT2D eigenvalue weighted by atomic mass is 9.93. The average Bonchev–Trinajstić information content (AvgIpc) is 2.46. The highest BCUT2D eigenvalue weighted by atomic mass is 16.4. The lowest BCUT2D eigenvalue weighted by Crippen LogP contribution is -2.44. The van der Waals surface area contributed by atoms with Crippen molar-refractivity contribution in [1.82, 2.24) is 14.9 Å². The second-order valence-electron chi connectivity index (χ2n) is 4.29. The number of likely N-dealkylation sites (tertiary alicyclic amines) is 1. The van der Waals surface area contributed by atoms with E-state index in [9.17, 15) is 4.79 Å². The van der Waals surface area contributed by atoms with Gasteiger partial charge in [0.1, 0.15) is 5.69 Å². The molecule has 2 heterocycles. The van der Waals surface area contributed by atoms with Crippen LogP contribution in [0.3, 0.4) is 0 Å². The van der Waals surface area contributed by atoms with Gasteiger partial charge in [0, 0.05) is 37.8 Å². The van der Waals surface area contributed by atoms with E-state index in [0.29, 0.717) is 25.2 Å². The molecule has 1 amide bonds. The van der Waals surface area contributed by atoms with Crippen molar-refractivity contribution in [2.24, 2.45) is 11.1 Å². The largest absolute Gasteiger partial charge is 0.411 e. The molecular formula is C12H16N4O2. The van der Waals surface area contributed by atoms with Crippen molar-refractivity contribution in [3.8, 4) is 0 Å². The normalized spacial score (nSPS) is 22.2. The summed E-state index contributed by atoms with van der Waals surface area (Å²) in [5.41, 5.74) is 1.14. The Bertz CT molecular complexity index is 447. The van der Waals surface area contributed by atoms with Gasteiger partial charge in [0.15, 0.2) is 0 Å². The third-order valence-corrected chi connectivity index (χ3v) is 3.24. The van der Waals surface area contributed by atoms with E-state index in [1.54, 1.807) is 11.1 Å². The maximum atomic E-state index is 12.2. The van der Waals surface area contributed by atoms with Gasteiger partial charge in [0.05, 0.1) is 11.9 Å². The fraction of sp³-hybridized carbons (Fsp3) is 0.500. The van der Waals surface area contributed by atoms with Gasteiger partial charge in [-0.2, -0.15) is 0 Å². The second kappa shape index (κ2) is 5.57. The molecule has 1 aromatic rings. The molecule has 1 unspecified atom stereocenters. The molecule has 1 saturated heterocycles. The molecule has 1 fully saturated rings. The predicted octanol–water partition coefficient (Wildman–Crippen LogP) is 1.18. The standard InChI is InChI=1S/C12H16N4O2/c1-2-9-8-16(6-3-10(9)15-18)12(17)11-7-13-4-5-14-11/h4-5,7,9,18H,2-3,6,8H2,1H3/b15-10+. The zero-order chi connectivity index (χ0) is 13.0. The van der Waals surface area contributed by atoms with E-state index in [4.69, 9.17) is 5.21 Å². The van der Waals surface area contributed by atoms with Crippen LogP contribution in [-0.2, 0) is 0 Å². The van der Waals surface area contributed by atoms with Gasteiger partial charge in [-0.3, -0.25) is 9.78 Å². The van der Waals surface area contributed by atoms with Crippen LogP contribution >= 0.6 is 0 Å². The minimum absolute atomic E-state index is 0.112. The molecular weight excluding hydrogens is 232 g/mol. The number of oxime groups is 1. The average molecular weight is 248 g/mol. The molecule has 96 valence electrons. The number of piperidine rings is 1. The van der Waals surface area contributed by atoms with Crippen molar-refractivity contribution < 1.29 is 10.0 Å². The van der Waals surface area contributed by atoms with Crippen LogP contribution in [0.25, 0.3) is 0 Å². The molecule has 0 spiro atoms. The van der Waals surface area contributed by atoms with Gasteiger partial charge in [-0.15, -0.1) is 0 Å². The molecule has 1 atom stereocenters. The van der Waals surface area contributed by atoms with Crippen LogP contribution in [0.1, 0.15) is 30.3 Å². The van der Waals surface area contributed by atoms with Gasteiger partial charge in [0.25, 0.3) is 5.91 Å². The van der Waals surface area contributed by atoms with Crippen molar-refractivity contribution in [1.29, 1.82) is 0 Å². The van der Waals surface area contributed by atoms with E-state index in [1.165, 1.54) is 12.4 Å². The zero-order valence-electron chi connectivity index (χ0n) is 10.3. The minimum atomic E-state index is -0.112. The van der Waals surface area contributed by atoms with Crippen molar-refractivity contribution in [2.45, 2.75) is 19.8 Å². The van der Waals surface area contributed by atoms with Crippen LogP contribution < -0.4 is 0 Å². The first-order chi connectivity index (χ1) is 8.76. The SMILES string of the molecule is CCC1CN(C(=O)c2cnccn2)CC/C1=N\O.